The van der Waals surface area contributed by atoms with Crippen LogP contribution < -0.4 is 4.90 Å². The van der Waals surface area contributed by atoms with E-state index in [9.17, 15) is 18.0 Å². The van der Waals surface area contributed by atoms with Crippen molar-refractivity contribution in [3.8, 4) is 0 Å². The number of halogens is 3. The number of hydrogen-bond donors (Lipinski definition) is 1. The number of aliphatic carboxylic acids is 1. The molecule has 0 spiro atoms. The molecule has 0 amide bonds. The predicted molar refractivity (Wildman–Crippen MR) is 55.1 cm³/mol. The lowest BCUT2D eigenvalue weighted by atomic mass is 10.0. The molecule has 0 aliphatic carbocycles. The number of carboxylic acids is 1. The fourth-order valence-electron chi connectivity index (χ4n) is 1.68. The Bertz CT molecular complexity index is 458. The van der Waals surface area contributed by atoms with Crippen molar-refractivity contribution < 1.29 is 23.1 Å². The Morgan fingerprint density at radius 1 is 1.44 bits per heavy atom. The minimum atomic E-state index is -4.32. The molecular formula is C10H10F3N3O2. The first-order chi connectivity index (χ1) is 8.35. The molecule has 1 saturated heterocycles. The number of anilines is 1. The van der Waals surface area contributed by atoms with Gasteiger partial charge >= 0.3 is 12.1 Å². The average Bonchev–Trinajstić information content (AvgIpc) is 2.11. The van der Waals surface area contributed by atoms with Gasteiger partial charge in [-0.2, -0.15) is 13.2 Å². The third-order valence-corrected chi connectivity index (χ3v) is 2.65. The molecule has 18 heavy (non-hydrogen) atoms. The van der Waals surface area contributed by atoms with E-state index in [0.29, 0.717) is 5.82 Å². The highest BCUT2D eigenvalue weighted by Gasteiger charge is 2.34. The number of carboxylic acid groups (broad SMARTS) is 1. The number of carbonyl (C=O) groups is 1. The molecule has 8 heteroatoms. The molecule has 0 aromatic carbocycles. The third-order valence-electron chi connectivity index (χ3n) is 2.65. The molecule has 1 aromatic rings. The van der Waals surface area contributed by atoms with Crippen LogP contribution in [0.1, 0.15) is 5.69 Å². The van der Waals surface area contributed by atoms with Crippen molar-refractivity contribution in [3.05, 3.63) is 18.1 Å². The molecule has 1 aromatic heterocycles. The Morgan fingerprint density at radius 3 is 2.67 bits per heavy atom. The van der Waals surface area contributed by atoms with Crippen LogP contribution in [0.15, 0.2) is 12.4 Å². The number of aromatic nitrogens is 2. The van der Waals surface area contributed by atoms with E-state index in [0.717, 1.165) is 6.33 Å². The molecule has 0 bridgehead atoms. The van der Waals surface area contributed by atoms with E-state index in [-0.39, 0.29) is 18.8 Å². The van der Waals surface area contributed by atoms with Gasteiger partial charge in [-0.3, -0.25) is 4.79 Å². The third kappa shape index (κ3) is 2.88. The number of rotatable bonds is 3. The number of alkyl halides is 3. The molecule has 1 N–H and O–H groups in total. The summed E-state index contributed by atoms with van der Waals surface area (Å²) in [6, 6.07) is 1.24. The van der Waals surface area contributed by atoms with Gasteiger partial charge < -0.3 is 10.0 Å². The lowest BCUT2D eigenvalue weighted by Gasteiger charge is -2.37. The summed E-state index contributed by atoms with van der Waals surface area (Å²) in [5.41, 5.74) is -0.119. The highest BCUT2D eigenvalue weighted by molar-refractivity contribution is 5.74. The molecule has 98 valence electrons. The van der Waals surface area contributed by atoms with Gasteiger partial charge in [0.1, 0.15) is 12.1 Å². The summed E-state index contributed by atoms with van der Waals surface area (Å²) < 4.78 is 36.6. The monoisotopic (exact) mass is 261 g/mol. The van der Waals surface area contributed by atoms with Gasteiger partial charge in [0.25, 0.3) is 0 Å². The number of nitrogens with zero attached hydrogens (tertiary/aromatic N) is 3. The summed E-state index contributed by atoms with van der Waals surface area (Å²) in [5, 5.41) is 8.70. The first kappa shape index (κ1) is 12.6. The highest BCUT2D eigenvalue weighted by atomic mass is 19.4. The lowest BCUT2D eigenvalue weighted by Crippen LogP contribution is -2.50. The fraction of sp³-hybridized carbons (Fsp3) is 0.500. The topological polar surface area (TPSA) is 66.3 Å². The first-order valence-corrected chi connectivity index (χ1v) is 5.20. The Labute approximate surface area is 100 Å². The highest BCUT2D eigenvalue weighted by Crippen LogP contribution is 2.25. The van der Waals surface area contributed by atoms with Gasteiger partial charge in [0.05, 0.1) is 18.0 Å². The predicted octanol–water partition coefficient (Wildman–Crippen LogP) is 1.10. The smallest absolute Gasteiger partial charge is 0.394 e. The summed E-state index contributed by atoms with van der Waals surface area (Å²) in [7, 11) is 0. The van der Waals surface area contributed by atoms with Crippen molar-refractivity contribution in [2.24, 2.45) is 5.92 Å². The van der Waals surface area contributed by atoms with Crippen LogP contribution in [-0.4, -0.2) is 40.3 Å². The molecule has 0 atom stereocenters. The molecule has 1 aliphatic heterocycles. The second-order valence-corrected chi connectivity index (χ2v) is 4.10. The van der Waals surface area contributed by atoms with Crippen molar-refractivity contribution in [2.45, 2.75) is 12.6 Å². The van der Waals surface area contributed by atoms with E-state index in [4.69, 9.17) is 5.11 Å². The van der Waals surface area contributed by atoms with Gasteiger partial charge in [0.15, 0.2) is 0 Å². The molecule has 0 radical (unpaired) electrons. The van der Waals surface area contributed by atoms with Crippen molar-refractivity contribution in [3.63, 3.8) is 0 Å². The standard InChI is InChI=1S/C10H10F3N3O2/c11-10(12,13)2-7-1-8(15-5-14-7)16-3-6(4-16)9(17)18/h1,5-6H,2-4H2,(H,17,18). The van der Waals surface area contributed by atoms with E-state index >= 15 is 0 Å². The van der Waals surface area contributed by atoms with Crippen molar-refractivity contribution >= 4 is 11.8 Å². The SMILES string of the molecule is O=C(O)C1CN(c2cc(CC(F)(F)F)ncn2)C1. The second-order valence-electron chi connectivity index (χ2n) is 4.10. The van der Waals surface area contributed by atoms with E-state index < -0.39 is 24.5 Å². The van der Waals surface area contributed by atoms with Gasteiger partial charge in [0, 0.05) is 19.2 Å². The Hall–Kier alpha value is -1.86. The maximum atomic E-state index is 12.2. The van der Waals surface area contributed by atoms with Crippen LogP contribution >= 0.6 is 0 Å². The van der Waals surface area contributed by atoms with E-state index in [1.54, 1.807) is 4.90 Å². The Kier molecular flexibility index (Phi) is 3.10. The fourth-order valence-corrected chi connectivity index (χ4v) is 1.68. The summed E-state index contributed by atoms with van der Waals surface area (Å²) in [4.78, 5) is 19.6. The van der Waals surface area contributed by atoms with Gasteiger partial charge in [-0.15, -0.1) is 0 Å². The summed E-state index contributed by atoms with van der Waals surface area (Å²) in [6.45, 7) is 0.523. The molecule has 2 heterocycles. The molecule has 1 aliphatic rings. The minimum Gasteiger partial charge on any atom is -0.481 e. The summed E-state index contributed by atoms with van der Waals surface area (Å²) in [6.07, 6.45) is -4.37. The van der Waals surface area contributed by atoms with E-state index in [2.05, 4.69) is 9.97 Å². The van der Waals surface area contributed by atoms with Crippen molar-refractivity contribution in [1.29, 1.82) is 0 Å². The Morgan fingerprint density at radius 2 is 2.11 bits per heavy atom. The van der Waals surface area contributed by atoms with Crippen molar-refractivity contribution in [1.82, 2.24) is 9.97 Å². The molecule has 1 fully saturated rings. The van der Waals surface area contributed by atoms with Gasteiger partial charge in [0.2, 0.25) is 0 Å². The maximum absolute atomic E-state index is 12.2. The molecule has 0 saturated carbocycles. The zero-order valence-corrected chi connectivity index (χ0v) is 9.18. The largest absolute Gasteiger partial charge is 0.481 e. The average molecular weight is 261 g/mol. The molecular weight excluding hydrogens is 251 g/mol. The summed E-state index contributed by atoms with van der Waals surface area (Å²) in [5.74, 6) is -1.05. The zero-order chi connectivity index (χ0) is 13.3. The van der Waals surface area contributed by atoms with E-state index in [1.807, 2.05) is 0 Å². The van der Waals surface area contributed by atoms with Gasteiger partial charge in [-0.05, 0) is 0 Å². The maximum Gasteiger partial charge on any atom is 0.394 e. The lowest BCUT2D eigenvalue weighted by molar-refractivity contribution is -0.142. The molecule has 5 nitrogen and oxygen atoms in total. The van der Waals surface area contributed by atoms with Crippen LogP contribution in [0.3, 0.4) is 0 Å². The molecule has 2 rings (SSSR count). The quantitative estimate of drug-likeness (QED) is 0.882. The summed E-state index contributed by atoms with van der Waals surface area (Å²) >= 11 is 0. The number of hydrogen-bond acceptors (Lipinski definition) is 4. The zero-order valence-electron chi connectivity index (χ0n) is 9.18. The van der Waals surface area contributed by atoms with Gasteiger partial charge in [-0.1, -0.05) is 0 Å². The second kappa shape index (κ2) is 4.43. The van der Waals surface area contributed by atoms with Crippen LogP contribution in [-0.2, 0) is 11.2 Å². The first-order valence-electron chi connectivity index (χ1n) is 5.20. The van der Waals surface area contributed by atoms with Crippen LogP contribution in [0.2, 0.25) is 0 Å². The van der Waals surface area contributed by atoms with Crippen molar-refractivity contribution in [2.75, 3.05) is 18.0 Å². The van der Waals surface area contributed by atoms with Crippen LogP contribution in [0, 0.1) is 5.92 Å². The molecule has 0 unspecified atom stereocenters. The van der Waals surface area contributed by atoms with Crippen LogP contribution in [0.4, 0.5) is 19.0 Å². The van der Waals surface area contributed by atoms with Crippen LogP contribution in [0.5, 0.6) is 0 Å². The van der Waals surface area contributed by atoms with E-state index in [1.165, 1.54) is 6.07 Å². The van der Waals surface area contributed by atoms with Gasteiger partial charge in [-0.25, -0.2) is 9.97 Å². The normalized spacial score (nSPS) is 16.5. The Balaban J connectivity index is 2.03. The van der Waals surface area contributed by atoms with Crippen LogP contribution in [0.25, 0.3) is 0 Å². The minimum absolute atomic E-state index is 0.119.